The highest BCUT2D eigenvalue weighted by Crippen LogP contribution is 2.10. The maximum atomic E-state index is 11.0. The van der Waals surface area contributed by atoms with E-state index in [9.17, 15) is 28.8 Å². The zero-order chi connectivity index (χ0) is 23.1. The van der Waals surface area contributed by atoms with Gasteiger partial charge in [-0.15, -0.1) is 0 Å². The minimum atomic E-state index is -0.353. The Labute approximate surface area is 208 Å². The fraction of sp³-hybridized carbons (Fsp3) is 0.474. The normalized spacial score (nSPS) is 13.2. The van der Waals surface area contributed by atoms with Gasteiger partial charge in [-0.05, 0) is 23.6 Å². The van der Waals surface area contributed by atoms with Gasteiger partial charge >= 0.3 is 0 Å². The minimum Gasteiger partial charge on any atom is -0.359 e. The molecule has 0 saturated carbocycles. The molecule has 14 heteroatoms. The molecule has 0 spiro atoms. The number of amides is 6. The smallest absolute Gasteiger partial charge is 0.253 e. The SMILES string of the molecule is C.C.C.CNC(=O)CCN1C(=O)C=CC1=O.CNC(=O)CCN1C(=O)C=CC1=O.S=PP=S. The molecule has 186 valence electrons. The maximum absolute atomic E-state index is 11.0. The van der Waals surface area contributed by atoms with Gasteiger partial charge in [0.15, 0.2) is 0 Å². The average Bonchev–Trinajstić information content (AvgIpc) is 3.25. The highest BCUT2D eigenvalue weighted by Gasteiger charge is 2.24. The molecule has 0 bridgehead atoms. The van der Waals surface area contributed by atoms with Gasteiger partial charge in [0, 0.05) is 78.4 Å². The van der Waals surface area contributed by atoms with Crippen molar-refractivity contribution in [3.8, 4) is 0 Å². The monoisotopic (exact) mass is 538 g/mol. The molecule has 2 N–H and O–H groups in total. The molecule has 0 unspecified atom stereocenters. The van der Waals surface area contributed by atoms with E-state index in [-0.39, 0.29) is 83.7 Å². The van der Waals surface area contributed by atoms with E-state index in [1.165, 1.54) is 38.4 Å². The summed E-state index contributed by atoms with van der Waals surface area (Å²) in [5.74, 6) is -1.79. The quantitative estimate of drug-likeness (QED) is 0.370. The number of imide groups is 2. The van der Waals surface area contributed by atoms with Crippen molar-refractivity contribution in [1.29, 1.82) is 0 Å². The fourth-order valence-electron chi connectivity index (χ4n) is 1.98. The summed E-state index contributed by atoms with van der Waals surface area (Å²) in [7, 11) is 4.75. The highest BCUT2D eigenvalue weighted by molar-refractivity contribution is 8.40. The lowest BCUT2D eigenvalue weighted by Crippen LogP contribution is -2.33. The van der Waals surface area contributed by atoms with Crippen LogP contribution in [-0.4, -0.2) is 72.4 Å². The molecule has 0 fully saturated rings. The van der Waals surface area contributed by atoms with Crippen molar-refractivity contribution >= 4 is 73.1 Å². The molecule has 0 aromatic heterocycles. The first-order chi connectivity index (χ1) is 14.2. The molecule has 0 saturated heterocycles. The molecule has 0 aromatic rings. The van der Waals surface area contributed by atoms with Crippen molar-refractivity contribution in [1.82, 2.24) is 20.4 Å². The van der Waals surface area contributed by atoms with Crippen LogP contribution in [0.4, 0.5) is 0 Å². The second kappa shape index (κ2) is 21.6. The molecule has 0 aromatic carbocycles. The van der Waals surface area contributed by atoms with E-state index in [0.717, 1.165) is 23.9 Å². The molecular weight excluding hydrogens is 506 g/mol. The second-order valence-electron chi connectivity index (χ2n) is 5.33. The average molecular weight is 539 g/mol. The van der Waals surface area contributed by atoms with Crippen LogP contribution in [0.3, 0.4) is 0 Å². The second-order valence-corrected chi connectivity index (χ2v) is 9.58. The predicted molar refractivity (Wildman–Crippen MR) is 138 cm³/mol. The van der Waals surface area contributed by atoms with Crippen LogP contribution >= 0.6 is 14.1 Å². The molecule has 10 nitrogen and oxygen atoms in total. The Hall–Kier alpha value is -2.26. The molecule has 2 aliphatic heterocycles. The summed E-state index contributed by atoms with van der Waals surface area (Å²) in [5, 5.41) is 4.82. The van der Waals surface area contributed by atoms with E-state index in [0.29, 0.717) is 0 Å². The van der Waals surface area contributed by atoms with E-state index >= 15 is 0 Å². The number of rotatable bonds is 7. The lowest BCUT2D eigenvalue weighted by atomic mass is 10.3. The molecule has 33 heavy (non-hydrogen) atoms. The summed E-state index contributed by atoms with van der Waals surface area (Å²) in [5.41, 5.74) is 0. The van der Waals surface area contributed by atoms with E-state index < -0.39 is 0 Å². The number of carbonyl (C=O) groups excluding carboxylic acids is 6. The first kappa shape index (κ1) is 38.0. The third-order valence-electron chi connectivity index (χ3n) is 3.52. The molecular formula is C19H32N4O6P2S2. The van der Waals surface area contributed by atoms with Gasteiger partial charge in [0.25, 0.3) is 23.6 Å². The Morgan fingerprint density at radius 3 is 1.12 bits per heavy atom. The summed E-state index contributed by atoms with van der Waals surface area (Å²) in [6.07, 6.45) is 5.10. The van der Waals surface area contributed by atoms with E-state index in [1.54, 1.807) is 0 Å². The molecule has 2 rings (SSSR count). The first-order valence-corrected chi connectivity index (χ1v) is 12.9. The standard InChI is InChI=1S/2C8H10N2O3.3CH4.P2S2/c2*1-9-6(11)4-5-10-7(12)2-3-8(10)13;;;;3-1-2-4/h2*2-3H,4-5H2,1H3,(H,9,11);3*1H4;. The number of nitrogens with one attached hydrogen (secondary N) is 2. The van der Waals surface area contributed by atoms with Gasteiger partial charge in [0.05, 0.1) is 0 Å². The van der Waals surface area contributed by atoms with E-state index in [4.69, 9.17) is 0 Å². The summed E-state index contributed by atoms with van der Waals surface area (Å²) in [6.45, 7) is 0.286. The Bertz CT molecular complexity index is 690. The van der Waals surface area contributed by atoms with Crippen molar-refractivity contribution in [3.05, 3.63) is 24.3 Å². The van der Waals surface area contributed by atoms with Crippen molar-refractivity contribution in [2.75, 3.05) is 27.2 Å². The largest absolute Gasteiger partial charge is 0.359 e. The number of nitrogens with zero attached hydrogens (tertiary/aromatic N) is 2. The van der Waals surface area contributed by atoms with Gasteiger partial charge in [0.1, 0.15) is 0 Å². The van der Waals surface area contributed by atoms with Crippen LogP contribution in [0.25, 0.3) is 0 Å². The Kier molecular flexibility index (Phi) is 24.9. The van der Waals surface area contributed by atoms with Crippen LogP contribution in [0.1, 0.15) is 35.1 Å². The predicted octanol–water partition coefficient (Wildman–Crippen LogP) is 1.72. The maximum Gasteiger partial charge on any atom is 0.253 e. The van der Waals surface area contributed by atoms with Crippen molar-refractivity contribution in [2.45, 2.75) is 35.1 Å². The summed E-state index contributed by atoms with van der Waals surface area (Å²) >= 11 is 8.82. The van der Waals surface area contributed by atoms with Gasteiger partial charge in [-0.2, -0.15) is 0 Å². The number of hydrogen-bond donors (Lipinski definition) is 2. The minimum absolute atomic E-state index is 0. The highest BCUT2D eigenvalue weighted by atomic mass is 32.7. The molecule has 0 radical (unpaired) electrons. The van der Waals surface area contributed by atoms with Crippen molar-refractivity contribution in [2.24, 2.45) is 0 Å². The van der Waals surface area contributed by atoms with Gasteiger partial charge in [-0.25, -0.2) is 0 Å². The van der Waals surface area contributed by atoms with Gasteiger partial charge in [0.2, 0.25) is 11.8 Å². The molecule has 2 heterocycles. The van der Waals surface area contributed by atoms with Crippen LogP contribution in [-0.2, 0) is 52.4 Å². The molecule has 0 atom stereocenters. The topological polar surface area (TPSA) is 133 Å². The summed E-state index contributed by atoms with van der Waals surface area (Å²) in [6, 6.07) is 0. The lowest BCUT2D eigenvalue weighted by molar-refractivity contribution is -0.139. The van der Waals surface area contributed by atoms with Crippen LogP contribution < -0.4 is 10.6 Å². The zero-order valence-electron chi connectivity index (χ0n) is 16.2. The summed E-state index contributed by atoms with van der Waals surface area (Å²) < 4.78 is 0. The van der Waals surface area contributed by atoms with E-state index in [1.807, 2.05) is 0 Å². The Morgan fingerprint density at radius 1 is 0.697 bits per heavy atom. The van der Waals surface area contributed by atoms with Crippen LogP contribution in [0.2, 0.25) is 0 Å². The molecule has 0 aliphatic carbocycles. The fourth-order valence-corrected chi connectivity index (χ4v) is 1.98. The zero-order valence-corrected chi connectivity index (χ0v) is 19.6. The first-order valence-electron chi connectivity index (χ1n) is 8.35. The molecule has 6 amide bonds. The van der Waals surface area contributed by atoms with Gasteiger partial charge in [-0.3, -0.25) is 38.6 Å². The Balaban J connectivity index is -0.000000203. The number of carbonyl (C=O) groups is 6. The Morgan fingerprint density at radius 2 is 0.939 bits per heavy atom. The van der Waals surface area contributed by atoms with Crippen LogP contribution in [0.5, 0.6) is 0 Å². The van der Waals surface area contributed by atoms with Crippen LogP contribution in [0, 0.1) is 0 Å². The third kappa shape index (κ3) is 15.2. The van der Waals surface area contributed by atoms with Gasteiger partial charge < -0.3 is 10.6 Å². The van der Waals surface area contributed by atoms with Gasteiger partial charge in [-0.1, -0.05) is 22.3 Å². The third-order valence-corrected chi connectivity index (χ3v) is 6.18. The summed E-state index contributed by atoms with van der Waals surface area (Å²) in [4.78, 5) is 67.6. The van der Waals surface area contributed by atoms with Crippen LogP contribution in [0.15, 0.2) is 24.3 Å². The lowest BCUT2D eigenvalue weighted by Gasteiger charge is -2.12. The number of hydrogen-bond acceptors (Lipinski definition) is 8. The van der Waals surface area contributed by atoms with E-state index in [2.05, 4.69) is 34.2 Å². The van der Waals surface area contributed by atoms with Crippen molar-refractivity contribution in [3.63, 3.8) is 0 Å². The van der Waals surface area contributed by atoms with Crippen molar-refractivity contribution < 1.29 is 28.8 Å². The molecule has 2 aliphatic rings.